The molecule has 0 fully saturated rings. The van der Waals surface area contributed by atoms with Crippen molar-refractivity contribution < 1.29 is 9.59 Å². The van der Waals surface area contributed by atoms with E-state index in [4.69, 9.17) is 17.3 Å². The van der Waals surface area contributed by atoms with E-state index in [-0.39, 0.29) is 11.1 Å². The lowest BCUT2D eigenvalue weighted by Crippen LogP contribution is -2.12. The number of hydrogen-bond donors (Lipinski definition) is 2. The summed E-state index contributed by atoms with van der Waals surface area (Å²) in [5.41, 5.74) is 5.18. The Hall–Kier alpha value is -0.410. The van der Waals surface area contributed by atoms with E-state index in [9.17, 15) is 9.59 Å². The van der Waals surface area contributed by atoms with Gasteiger partial charge in [-0.05, 0) is 24.4 Å². The zero-order chi connectivity index (χ0) is 37.9. The van der Waals surface area contributed by atoms with Crippen molar-refractivity contribution in [3.05, 3.63) is 37.2 Å². The molecule has 0 saturated heterocycles. The van der Waals surface area contributed by atoms with Crippen LogP contribution in [0.25, 0.3) is 0 Å². The summed E-state index contributed by atoms with van der Waals surface area (Å²) >= 11 is 14.5. The van der Waals surface area contributed by atoms with Crippen molar-refractivity contribution in [2.24, 2.45) is 0 Å². The number of unbranched alkanes of at least 4 members (excludes halogenated alkanes) is 16. The summed E-state index contributed by atoms with van der Waals surface area (Å²) in [6.07, 6.45) is 33.4. The molecule has 0 atom stereocenters. The predicted octanol–water partition coefficient (Wildman–Crippen LogP) is 9.04. The number of amides is 1. The highest BCUT2D eigenvalue weighted by molar-refractivity contribution is 8.73. The first-order chi connectivity index (χ1) is 24.9. The monoisotopic (exact) mass is 910 g/mol. The third-order valence-electron chi connectivity index (χ3n) is 6.59. The average molecular weight is 912 g/mol. The SMILES string of the molecule is CCCCCCCCCCCC(=O)Cl.CCCCCCCCCCCC(=O)Nc1cnccn1.Nc1cnccn1.S=S=S=S=S=S=S=S=S=S. The van der Waals surface area contributed by atoms with Gasteiger partial charge in [0.1, 0.15) is 5.82 Å². The number of carbonyl (C=O) groups is 2. The molecule has 2 rings (SSSR count). The molecule has 2 aromatic rings. The maximum Gasteiger partial charge on any atom is 0.225 e. The van der Waals surface area contributed by atoms with Crippen LogP contribution in [0.15, 0.2) is 37.2 Å². The maximum absolute atomic E-state index is 11.6. The van der Waals surface area contributed by atoms with Crippen molar-refractivity contribution in [2.75, 3.05) is 11.1 Å². The minimum absolute atomic E-state index is 0.0356. The molecular weight excluding hydrogens is 857 g/mol. The van der Waals surface area contributed by atoms with Gasteiger partial charge >= 0.3 is 0 Å². The van der Waals surface area contributed by atoms with E-state index < -0.39 is 0 Å². The molecule has 0 spiro atoms. The van der Waals surface area contributed by atoms with Crippen LogP contribution >= 0.6 is 11.6 Å². The number of anilines is 2. The highest BCUT2D eigenvalue weighted by Crippen LogP contribution is 2.12. The molecule has 0 aliphatic heterocycles. The molecule has 51 heavy (non-hydrogen) atoms. The van der Waals surface area contributed by atoms with Gasteiger partial charge in [-0.25, -0.2) is 9.97 Å². The van der Waals surface area contributed by atoms with Gasteiger partial charge in [0.25, 0.3) is 0 Å². The lowest BCUT2D eigenvalue weighted by molar-refractivity contribution is -0.116. The molecule has 8 nitrogen and oxygen atoms in total. The van der Waals surface area contributed by atoms with Crippen LogP contribution in [0, 0.1) is 0 Å². The Bertz CT molecular complexity index is 1430. The maximum atomic E-state index is 11.6. The lowest BCUT2D eigenvalue weighted by Gasteiger charge is -2.04. The van der Waals surface area contributed by atoms with Crippen LogP contribution in [0.5, 0.6) is 0 Å². The summed E-state index contributed by atoms with van der Waals surface area (Å²) in [7, 11) is 12.7. The Morgan fingerprint density at radius 3 is 1.37 bits per heavy atom. The summed E-state index contributed by atoms with van der Waals surface area (Å²) in [6.45, 7) is 4.48. The second kappa shape index (κ2) is 45.7. The quantitative estimate of drug-likeness (QED) is 0.0934. The number of carbonyl (C=O) groups excluding carboxylic acids is 2. The summed E-state index contributed by atoms with van der Waals surface area (Å²) in [4.78, 5) is 37.4. The van der Waals surface area contributed by atoms with Gasteiger partial charge in [-0.2, -0.15) is 0 Å². The highest BCUT2D eigenvalue weighted by Gasteiger charge is 2.02. The molecule has 3 N–H and O–H groups in total. The van der Waals surface area contributed by atoms with Crippen LogP contribution in [-0.2, 0) is 103 Å². The summed E-state index contributed by atoms with van der Waals surface area (Å²) in [5, 5.41) is 2.57. The fourth-order valence-corrected chi connectivity index (χ4v) is 20.7. The van der Waals surface area contributed by atoms with E-state index in [0.29, 0.717) is 24.5 Å². The minimum atomic E-state index is -0.187. The molecule has 1 amide bonds. The average Bonchev–Trinajstić information content (AvgIpc) is 3.13. The van der Waals surface area contributed by atoms with Crippen molar-refractivity contribution >= 4 is 128 Å². The van der Waals surface area contributed by atoms with Crippen LogP contribution < -0.4 is 11.1 Å². The first-order valence-electron chi connectivity index (χ1n) is 17.2. The second-order valence-electron chi connectivity index (χ2n) is 10.8. The van der Waals surface area contributed by atoms with Crippen molar-refractivity contribution in [3.63, 3.8) is 0 Å². The van der Waals surface area contributed by atoms with E-state index >= 15 is 0 Å². The molecular formula is C32H55ClN6O2S10. The van der Waals surface area contributed by atoms with Gasteiger partial charge in [0, 0.05) is 131 Å². The number of rotatable bonds is 21. The molecule has 0 radical (unpaired) electrons. The van der Waals surface area contributed by atoms with E-state index in [1.54, 1.807) is 84.3 Å². The summed E-state index contributed by atoms with van der Waals surface area (Å²) in [6, 6.07) is 0. The third-order valence-corrected chi connectivity index (χ3v) is 22.3. The van der Waals surface area contributed by atoms with E-state index in [1.807, 2.05) is 0 Å². The van der Waals surface area contributed by atoms with Gasteiger partial charge in [-0.15, -0.1) is 0 Å². The van der Waals surface area contributed by atoms with Crippen LogP contribution in [0.2, 0.25) is 0 Å². The Kier molecular flexibility index (Phi) is 47.3. The van der Waals surface area contributed by atoms with Gasteiger partial charge < -0.3 is 11.1 Å². The largest absolute Gasteiger partial charge is 0.382 e. The Morgan fingerprint density at radius 1 is 0.608 bits per heavy atom. The molecule has 0 aliphatic rings. The number of nitrogens with two attached hydrogens (primary N) is 1. The van der Waals surface area contributed by atoms with Gasteiger partial charge in [-0.3, -0.25) is 19.6 Å². The predicted molar refractivity (Wildman–Crippen MR) is 245 cm³/mol. The van der Waals surface area contributed by atoms with E-state index in [2.05, 4.69) is 61.5 Å². The van der Waals surface area contributed by atoms with Gasteiger partial charge in [0.05, 0.1) is 12.4 Å². The first kappa shape index (κ1) is 52.7. The molecule has 2 heterocycles. The number of aromatic nitrogens is 4. The van der Waals surface area contributed by atoms with Crippen LogP contribution in [0.1, 0.15) is 142 Å². The number of hydrogen-bond acceptors (Lipinski definition) is 9. The van der Waals surface area contributed by atoms with Crippen LogP contribution in [-0.4, -0.2) is 31.1 Å². The molecule has 0 aliphatic carbocycles. The number of nitrogens with zero attached hydrogens (tertiary/aromatic N) is 4. The normalized spacial score (nSPS) is 9.47. The standard InChI is InChI=1S/C16H27N3O.C12H23ClO.C4H5N3.S10/c1-2-3-4-5-6-7-8-9-10-11-16(20)19-15-14-17-12-13-18-15;1-2-3-4-5-6-7-8-9-10-11-12(13)14;5-4-3-6-1-2-7-4;1-3-5-7-9-10-8-6-4-2/h12-14H,2-11H2,1H3,(H,18,19,20);2-11H2,1H3;1-3H,(H2,5,7);. The Balaban J connectivity index is 0. The Labute approximate surface area is 344 Å². The molecule has 0 aromatic carbocycles. The minimum Gasteiger partial charge on any atom is -0.382 e. The fraction of sp³-hybridized carbons (Fsp3) is 0.688. The van der Waals surface area contributed by atoms with Crippen molar-refractivity contribution in [3.8, 4) is 0 Å². The summed E-state index contributed by atoms with van der Waals surface area (Å²) in [5.74, 6) is 1.03. The van der Waals surface area contributed by atoms with Crippen molar-refractivity contribution in [1.29, 1.82) is 0 Å². The number of halogens is 1. The molecule has 0 saturated carbocycles. The fourth-order valence-electron chi connectivity index (χ4n) is 4.12. The summed E-state index contributed by atoms with van der Waals surface area (Å²) < 4.78 is 0. The van der Waals surface area contributed by atoms with Gasteiger partial charge in [0.15, 0.2) is 5.82 Å². The van der Waals surface area contributed by atoms with E-state index in [1.165, 1.54) is 114 Å². The smallest absolute Gasteiger partial charge is 0.225 e. The molecule has 0 unspecified atom stereocenters. The number of nitrogen functional groups attached to an aromatic ring is 1. The van der Waals surface area contributed by atoms with Crippen molar-refractivity contribution in [2.45, 2.75) is 142 Å². The van der Waals surface area contributed by atoms with E-state index in [0.717, 1.165) is 25.7 Å². The van der Waals surface area contributed by atoms with Crippen LogP contribution in [0.4, 0.5) is 11.6 Å². The zero-order valence-corrected chi connectivity index (χ0v) is 38.7. The second-order valence-corrected chi connectivity index (χ2v) is 25.4. The van der Waals surface area contributed by atoms with Gasteiger partial charge in [0.2, 0.25) is 11.1 Å². The van der Waals surface area contributed by atoms with Crippen molar-refractivity contribution in [1.82, 2.24) is 19.9 Å². The molecule has 2 aromatic heterocycles. The van der Waals surface area contributed by atoms with Gasteiger partial charge in [-0.1, -0.05) is 117 Å². The molecule has 292 valence electrons. The molecule has 19 heteroatoms. The first-order valence-corrected chi connectivity index (χ1v) is 29.6. The number of nitrogens with one attached hydrogen (secondary N) is 1. The Morgan fingerprint density at radius 2 is 1.02 bits per heavy atom. The topological polar surface area (TPSA) is 124 Å². The zero-order valence-electron chi connectivity index (χ0n) is 29.7. The highest BCUT2D eigenvalue weighted by atomic mass is 35.5. The molecule has 0 bridgehead atoms. The lowest BCUT2D eigenvalue weighted by atomic mass is 10.1. The van der Waals surface area contributed by atoms with Crippen LogP contribution in [0.3, 0.4) is 0 Å². The third kappa shape index (κ3) is 47.6.